The van der Waals surface area contributed by atoms with E-state index in [9.17, 15) is 4.79 Å². The van der Waals surface area contributed by atoms with Crippen LogP contribution >= 0.6 is 12.2 Å². The maximum absolute atomic E-state index is 11.4. The van der Waals surface area contributed by atoms with E-state index in [-0.39, 0.29) is 17.3 Å². The maximum Gasteiger partial charge on any atom is 0.229 e. The summed E-state index contributed by atoms with van der Waals surface area (Å²) < 4.78 is 0. The van der Waals surface area contributed by atoms with Gasteiger partial charge >= 0.3 is 0 Å². The molecule has 14 heavy (non-hydrogen) atoms. The van der Waals surface area contributed by atoms with Gasteiger partial charge in [0.15, 0.2) is 0 Å². The van der Waals surface area contributed by atoms with Crippen LogP contribution in [0.2, 0.25) is 0 Å². The van der Waals surface area contributed by atoms with Gasteiger partial charge in [-0.05, 0) is 0 Å². The molecule has 0 unspecified atom stereocenters. The van der Waals surface area contributed by atoms with Gasteiger partial charge in [0.2, 0.25) is 5.91 Å². The first kappa shape index (κ1) is 10.6. The highest BCUT2D eigenvalue weighted by Crippen LogP contribution is 2.01. The number of hydrogen-bond donors (Lipinski definition) is 2. The van der Waals surface area contributed by atoms with E-state index in [0.29, 0.717) is 6.54 Å². The van der Waals surface area contributed by atoms with Crippen molar-refractivity contribution >= 4 is 23.1 Å². The van der Waals surface area contributed by atoms with Crippen LogP contribution in [0.15, 0.2) is 12.4 Å². The summed E-state index contributed by atoms with van der Waals surface area (Å²) in [4.78, 5) is 13.2. The lowest BCUT2D eigenvalue weighted by molar-refractivity contribution is -0.129. The average Bonchev–Trinajstić information content (AvgIpc) is 2.55. The molecule has 0 bridgehead atoms. The lowest BCUT2D eigenvalue weighted by Gasteiger charge is -2.15. The zero-order chi connectivity index (χ0) is 10.6. The number of rotatable bonds is 4. The molecule has 3 N–H and O–H groups in total. The van der Waals surface area contributed by atoms with Crippen LogP contribution in [0.3, 0.4) is 0 Å². The van der Waals surface area contributed by atoms with Gasteiger partial charge in [0.1, 0.15) is 0 Å². The number of amides is 1. The lowest BCUT2D eigenvalue weighted by Crippen LogP contribution is -2.29. The van der Waals surface area contributed by atoms with Crippen LogP contribution in [0.5, 0.6) is 0 Å². The highest BCUT2D eigenvalue weighted by Gasteiger charge is 2.10. The van der Waals surface area contributed by atoms with Crippen molar-refractivity contribution in [2.75, 3.05) is 7.05 Å². The summed E-state index contributed by atoms with van der Waals surface area (Å²) in [6.45, 7) is 0.512. The molecule has 0 saturated heterocycles. The van der Waals surface area contributed by atoms with E-state index >= 15 is 0 Å². The van der Waals surface area contributed by atoms with Crippen molar-refractivity contribution in [1.82, 2.24) is 15.1 Å². The van der Waals surface area contributed by atoms with E-state index in [2.05, 4.69) is 22.4 Å². The zero-order valence-corrected chi connectivity index (χ0v) is 8.67. The Labute approximate surface area is 87.3 Å². The van der Waals surface area contributed by atoms with Gasteiger partial charge in [-0.1, -0.05) is 12.2 Å². The minimum atomic E-state index is -0.0845. The average molecular weight is 212 g/mol. The van der Waals surface area contributed by atoms with Crippen molar-refractivity contribution < 1.29 is 4.79 Å². The Morgan fingerprint density at radius 1 is 1.79 bits per heavy atom. The van der Waals surface area contributed by atoms with Gasteiger partial charge in [0.25, 0.3) is 0 Å². The molecule has 6 heteroatoms. The smallest absolute Gasteiger partial charge is 0.229 e. The van der Waals surface area contributed by atoms with Crippen LogP contribution in [0, 0.1) is 0 Å². The first-order chi connectivity index (χ1) is 6.59. The SMILES string of the molecule is CN(Cc1cn[nH]c1)C(=O)CC(N)=S. The molecule has 1 amide bonds. The first-order valence-electron chi connectivity index (χ1n) is 4.09. The second-order valence-electron chi connectivity index (χ2n) is 3.00. The van der Waals surface area contributed by atoms with Gasteiger partial charge in [0.05, 0.1) is 17.6 Å². The Kier molecular flexibility index (Phi) is 3.58. The van der Waals surface area contributed by atoms with Crippen molar-refractivity contribution in [3.8, 4) is 0 Å². The Hall–Kier alpha value is -1.43. The van der Waals surface area contributed by atoms with E-state index < -0.39 is 0 Å². The number of H-pyrrole nitrogens is 1. The topological polar surface area (TPSA) is 75.0 Å². The number of aromatic amines is 1. The van der Waals surface area contributed by atoms with Gasteiger partial charge in [-0.25, -0.2) is 0 Å². The number of carbonyl (C=O) groups is 1. The van der Waals surface area contributed by atoms with Gasteiger partial charge in [-0.3, -0.25) is 9.89 Å². The molecule has 0 atom stereocenters. The summed E-state index contributed by atoms with van der Waals surface area (Å²) in [6, 6.07) is 0. The Morgan fingerprint density at radius 2 is 2.50 bits per heavy atom. The maximum atomic E-state index is 11.4. The molecule has 1 aromatic heterocycles. The molecule has 0 aliphatic heterocycles. The number of thiocarbonyl (C=S) groups is 1. The monoisotopic (exact) mass is 212 g/mol. The van der Waals surface area contributed by atoms with Crippen molar-refractivity contribution in [2.45, 2.75) is 13.0 Å². The molecule has 76 valence electrons. The summed E-state index contributed by atoms with van der Waals surface area (Å²) >= 11 is 4.65. The predicted molar refractivity (Wildman–Crippen MR) is 56.5 cm³/mol. The van der Waals surface area contributed by atoms with Crippen LogP contribution < -0.4 is 5.73 Å². The summed E-state index contributed by atoms with van der Waals surface area (Å²) in [5.41, 5.74) is 6.22. The second-order valence-corrected chi connectivity index (χ2v) is 3.52. The van der Waals surface area contributed by atoms with E-state index in [1.54, 1.807) is 24.3 Å². The molecule has 1 rings (SSSR count). The highest BCUT2D eigenvalue weighted by atomic mass is 32.1. The molecular weight excluding hydrogens is 200 g/mol. The fourth-order valence-corrected chi connectivity index (χ4v) is 1.13. The van der Waals surface area contributed by atoms with Crippen LogP contribution in [-0.2, 0) is 11.3 Å². The summed E-state index contributed by atoms with van der Waals surface area (Å²) in [5, 5.41) is 6.46. The standard InChI is InChI=1S/C8H12N4OS/c1-12(8(13)2-7(9)14)5-6-3-10-11-4-6/h3-4H,2,5H2,1H3,(H2,9,14)(H,10,11). The summed E-state index contributed by atoms with van der Waals surface area (Å²) in [5.74, 6) is -0.0845. The third-order valence-electron chi connectivity index (χ3n) is 1.73. The molecule has 5 nitrogen and oxygen atoms in total. The minimum Gasteiger partial charge on any atom is -0.393 e. The van der Waals surface area contributed by atoms with E-state index in [1.807, 2.05) is 0 Å². The third-order valence-corrected chi connectivity index (χ3v) is 1.87. The quantitative estimate of drug-likeness (QED) is 0.691. The van der Waals surface area contributed by atoms with E-state index in [4.69, 9.17) is 5.73 Å². The van der Waals surface area contributed by atoms with Crippen molar-refractivity contribution in [1.29, 1.82) is 0 Å². The number of nitrogens with two attached hydrogens (primary N) is 1. The van der Waals surface area contributed by atoms with E-state index in [0.717, 1.165) is 5.56 Å². The number of nitrogens with zero attached hydrogens (tertiary/aromatic N) is 2. The van der Waals surface area contributed by atoms with Gasteiger partial charge in [0, 0.05) is 25.4 Å². The first-order valence-corrected chi connectivity index (χ1v) is 4.50. The number of hydrogen-bond acceptors (Lipinski definition) is 3. The molecule has 1 aromatic rings. The van der Waals surface area contributed by atoms with Crippen LogP contribution in [0.25, 0.3) is 0 Å². The molecule has 0 aliphatic carbocycles. The van der Waals surface area contributed by atoms with Gasteiger partial charge in [-0.2, -0.15) is 5.10 Å². The number of aromatic nitrogens is 2. The largest absolute Gasteiger partial charge is 0.393 e. The molecule has 0 saturated carbocycles. The fraction of sp³-hybridized carbons (Fsp3) is 0.375. The molecule has 0 radical (unpaired) electrons. The normalized spacial score (nSPS) is 9.79. The fourth-order valence-electron chi connectivity index (χ4n) is 1.01. The Balaban J connectivity index is 2.46. The molecular formula is C8H12N4OS. The molecule has 1 heterocycles. The Morgan fingerprint density at radius 3 is 3.00 bits per heavy atom. The lowest BCUT2D eigenvalue weighted by atomic mass is 10.3. The highest BCUT2D eigenvalue weighted by molar-refractivity contribution is 7.80. The van der Waals surface area contributed by atoms with Crippen molar-refractivity contribution in [3.05, 3.63) is 18.0 Å². The molecule has 0 aromatic carbocycles. The van der Waals surface area contributed by atoms with Crippen molar-refractivity contribution in [3.63, 3.8) is 0 Å². The zero-order valence-electron chi connectivity index (χ0n) is 7.86. The molecule has 0 aliphatic rings. The van der Waals surface area contributed by atoms with Crippen LogP contribution in [-0.4, -0.2) is 33.0 Å². The number of carbonyl (C=O) groups excluding carboxylic acids is 1. The van der Waals surface area contributed by atoms with Crippen LogP contribution in [0.1, 0.15) is 12.0 Å². The van der Waals surface area contributed by atoms with E-state index in [1.165, 1.54) is 0 Å². The van der Waals surface area contributed by atoms with Crippen molar-refractivity contribution in [2.24, 2.45) is 5.73 Å². The number of nitrogens with one attached hydrogen (secondary N) is 1. The molecule has 0 fully saturated rings. The van der Waals surface area contributed by atoms with Gasteiger partial charge in [-0.15, -0.1) is 0 Å². The Bertz CT molecular complexity index is 322. The minimum absolute atomic E-state index is 0.0845. The third kappa shape index (κ3) is 3.14. The van der Waals surface area contributed by atoms with Crippen LogP contribution in [0.4, 0.5) is 0 Å². The molecule has 0 spiro atoms. The summed E-state index contributed by atoms with van der Waals surface area (Å²) in [6.07, 6.45) is 3.53. The summed E-state index contributed by atoms with van der Waals surface area (Å²) in [7, 11) is 1.70. The van der Waals surface area contributed by atoms with Gasteiger partial charge < -0.3 is 10.6 Å². The predicted octanol–water partition coefficient (Wildman–Crippen LogP) is 0.0443. The second kappa shape index (κ2) is 4.71.